The summed E-state index contributed by atoms with van der Waals surface area (Å²) in [5.41, 5.74) is 1.38. The number of hydrogen-bond donors (Lipinski definition) is 0. The third-order valence-corrected chi connectivity index (χ3v) is 6.37. The number of halogens is 1. The molecule has 1 aliphatic heterocycles. The first-order valence-corrected chi connectivity index (χ1v) is 8.55. The Morgan fingerprint density at radius 3 is 2.35 bits per heavy atom. The van der Waals surface area contributed by atoms with Crippen molar-refractivity contribution in [3.05, 3.63) is 22.2 Å². The second-order valence-corrected chi connectivity index (χ2v) is 7.38. The van der Waals surface area contributed by atoms with E-state index in [1.807, 2.05) is 6.92 Å². The van der Waals surface area contributed by atoms with Gasteiger partial charge in [-0.1, -0.05) is 18.0 Å². The molecule has 1 fully saturated rings. The van der Waals surface area contributed by atoms with Crippen molar-refractivity contribution in [3.8, 4) is 5.75 Å². The summed E-state index contributed by atoms with van der Waals surface area (Å²) in [5, 5.41) is 0.487. The zero-order chi connectivity index (χ0) is 14.9. The zero-order valence-electron chi connectivity index (χ0n) is 12.1. The van der Waals surface area contributed by atoms with Crippen molar-refractivity contribution >= 4 is 21.6 Å². The van der Waals surface area contributed by atoms with Gasteiger partial charge >= 0.3 is 0 Å². The van der Waals surface area contributed by atoms with Gasteiger partial charge in [-0.25, -0.2) is 8.42 Å². The third-order valence-electron chi connectivity index (χ3n) is 3.72. The van der Waals surface area contributed by atoms with Crippen molar-refractivity contribution in [2.75, 3.05) is 20.2 Å². The Morgan fingerprint density at radius 1 is 1.20 bits per heavy atom. The maximum absolute atomic E-state index is 12.8. The first-order valence-electron chi connectivity index (χ1n) is 6.73. The van der Waals surface area contributed by atoms with Gasteiger partial charge in [0.05, 0.1) is 7.11 Å². The van der Waals surface area contributed by atoms with Crippen LogP contribution in [0.15, 0.2) is 11.0 Å². The van der Waals surface area contributed by atoms with Crippen molar-refractivity contribution in [3.63, 3.8) is 0 Å². The van der Waals surface area contributed by atoms with Crippen LogP contribution in [0.1, 0.15) is 30.4 Å². The van der Waals surface area contributed by atoms with E-state index in [9.17, 15) is 8.42 Å². The Hall–Kier alpha value is -0.780. The predicted octanol–water partition coefficient (Wildman–Crippen LogP) is 3.14. The van der Waals surface area contributed by atoms with E-state index in [1.54, 1.807) is 13.0 Å². The zero-order valence-corrected chi connectivity index (χ0v) is 13.6. The van der Waals surface area contributed by atoms with Crippen molar-refractivity contribution < 1.29 is 13.2 Å². The van der Waals surface area contributed by atoms with Crippen LogP contribution in [-0.2, 0) is 10.0 Å². The minimum absolute atomic E-state index is 0.206. The van der Waals surface area contributed by atoms with Gasteiger partial charge in [-0.2, -0.15) is 4.31 Å². The summed E-state index contributed by atoms with van der Waals surface area (Å²) in [7, 11) is -2.07. The Kier molecular flexibility index (Phi) is 4.62. The summed E-state index contributed by atoms with van der Waals surface area (Å²) in [6.07, 6.45) is 2.89. The minimum Gasteiger partial charge on any atom is -0.495 e. The van der Waals surface area contributed by atoms with Gasteiger partial charge in [-0.15, -0.1) is 0 Å². The molecule has 0 aromatic heterocycles. The lowest BCUT2D eigenvalue weighted by atomic mass is 10.1. The lowest BCUT2D eigenvalue weighted by molar-refractivity contribution is 0.342. The second-order valence-electron chi connectivity index (χ2n) is 5.13. The quantitative estimate of drug-likeness (QED) is 0.860. The van der Waals surface area contributed by atoms with E-state index in [0.29, 0.717) is 29.4 Å². The standard InChI is InChI=1S/C14H20ClNO3S/c1-10-9-12(19-3)14(11(2)13(10)15)20(17,18)16-7-5-4-6-8-16/h9H,4-8H2,1-3H3. The molecule has 2 rings (SSSR count). The van der Waals surface area contributed by atoms with Gasteiger partial charge in [0.25, 0.3) is 0 Å². The lowest BCUT2D eigenvalue weighted by Gasteiger charge is -2.27. The molecule has 1 aromatic carbocycles. The van der Waals surface area contributed by atoms with E-state index < -0.39 is 10.0 Å². The van der Waals surface area contributed by atoms with E-state index in [4.69, 9.17) is 16.3 Å². The molecule has 1 aromatic rings. The number of nitrogens with zero attached hydrogens (tertiary/aromatic N) is 1. The van der Waals surface area contributed by atoms with Crippen molar-refractivity contribution in [1.29, 1.82) is 0 Å². The molecule has 0 saturated carbocycles. The SMILES string of the molecule is COc1cc(C)c(Cl)c(C)c1S(=O)(=O)N1CCCCC1. The molecule has 0 unspecified atom stereocenters. The molecule has 0 amide bonds. The van der Waals surface area contributed by atoms with Gasteiger partial charge in [0.2, 0.25) is 10.0 Å². The highest BCUT2D eigenvalue weighted by atomic mass is 35.5. The van der Waals surface area contributed by atoms with Gasteiger partial charge in [-0.05, 0) is 43.9 Å². The molecule has 0 aliphatic carbocycles. The van der Waals surface area contributed by atoms with Crippen LogP contribution in [0.4, 0.5) is 0 Å². The third kappa shape index (κ3) is 2.67. The molecule has 112 valence electrons. The first-order chi connectivity index (χ1) is 9.39. The van der Waals surface area contributed by atoms with E-state index in [2.05, 4.69) is 0 Å². The van der Waals surface area contributed by atoms with Gasteiger partial charge in [-0.3, -0.25) is 0 Å². The number of aryl methyl sites for hydroxylation is 1. The Balaban J connectivity index is 2.58. The van der Waals surface area contributed by atoms with Crippen LogP contribution >= 0.6 is 11.6 Å². The molecule has 0 atom stereocenters. The van der Waals surface area contributed by atoms with Gasteiger partial charge in [0.15, 0.2) is 0 Å². The lowest BCUT2D eigenvalue weighted by Crippen LogP contribution is -2.36. The highest BCUT2D eigenvalue weighted by Gasteiger charge is 2.31. The number of sulfonamides is 1. The monoisotopic (exact) mass is 317 g/mol. The van der Waals surface area contributed by atoms with Gasteiger partial charge < -0.3 is 4.74 Å². The van der Waals surface area contributed by atoms with E-state index in [1.165, 1.54) is 11.4 Å². The van der Waals surface area contributed by atoms with Crippen LogP contribution in [0.2, 0.25) is 5.02 Å². The Morgan fingerprint density at radius 2 is 1.80 bits per heavy atom. The maximum Gasteiger partial charge on any atom is 0.247 e. The fourth-order valence-electron chi connectivity index (χ4n) is 2.61. The highest BCUT2D eigenvalue weighted by Crippen LogP contribution is 2.37. The molecule has 1 saturated heterocycles. The summed E-state index contributed by atoms with van der Waals surface area (Å²) in [6, 6.07) is 1.69. The molecular formula is C14H20ClNO3S. The van der Waals surface area contributed by atoms with E-state index in [-0.39, 0.29) is 4.90 Å². The molecule has 20 heavy (non-hydrogen) atoms. The largest absolute Gasteiger partial charge is 0.495 e. The number of ether oxygens (including phenoxy) is 1. The fourth-order valence-corrected chi connectivity index (χ4v) is 4.70. The summed E-state index contributed by atoms with van der Waals surface area (Å²) < 4.78 is 32.5. The highest BCUT2D eigenvalue weighted by molar-refractivity contribution is 7.89. The molecule has 0 bridgehead atoms. The second kappa shape index (κ2) is 5.92. The van der Waals surface area contributed by atoms with Crippen LogP contribution in [0.25, 0.3) is 0 Å². The molecular weight excluding hydrogens is 298 g/mol. The average Bonchev–Trinajstić information content (AvgIpc) is 2.44. The fraction of sp³-hybridized carbons (Fsp3) is 0.571. The van der Waals surface area contributed by atoms with E-state index in [0.717, 1.165) is 24.8 Å². The number of piperidine rings is 1. The summed E-state index contributed by atoms with van der Waals surface area (Å²) in [4.78, 5) is 0.206. The molecule has 1 aliphatic rings. The van der Waals surface area contributed by atoms with Gasteiger partial charge in [0.1, 0.15) is 10.6 Å². The average molecular weight is 318 g/mol. The Bertz CT molecular complexity index is 607. The summed E-state index contributed by atoms with van der Waals surface area (Å²) >= 11 is 6.22. The van der Waals surface area contributed by atoms with E-state index >= 15 is 0 Å². The molecule has 0 radical (unpaired) electrons. The number of rotatable bonds is 3. The van der Waals surface area contributed by atoms with Crippen LogP contribution in [0, 0.1) is 13.8 Å². The van der Waals surface area contributed by atoms with Crippen molar-refractivity contribution in [2.45, 2.75) is 38.0 Å². The van der Waals surface area contributed by atoms with Gasteiger partial charge in [0, 0.05) is 18.1 Å². The number of hydrogen-bond acceptors (Lipinski definition) is 3. The van der Waals surface area contributed by atoms with Crippen molar-refractivity contribution in [2.24, 2.45) is 0 Å². The normalized spacial score (nSPS) is 17.2. The van der Waals surface area contributed by atoms with Crippen LogP contribution in [0.5, 0.6) is 5.75 Å². The summed E-state index contributed by atoms with van der Waals surface area (Å²) in [6.45, 7) is 4.71. The van der Waals surface area contributed by atoms with Crippen LogP contribution < -0.4 is 4.74 Å². The maximum atomic E-state index is 12.8. The van der Waals surface area contributed by atoms with Crippen molar-refractivity contribution in [1.82, 2.24) is 4.31 Å². The Labute approximate surface area is 125 Å². The molecule has 0 spiro atoms. The number of benzene rings is 1. The van der Waals surface area contributed by atoms with Crippen LogP contribution in [-0.4, -0.2) is 32.9 Å². The molecule has 6 heteroatoms. The predicted molar refractivity (Wildman–Crippen MR) is 80.1 cm³/mol. The van der Waals surface area contributed by atoms with Crippen LogP contribution in [0.3, 0.4) is 0 Å². The minimum atomic E-state index is -3.55. The smallest absolute Gasteiger partial charge is 0.247 e. The number of methoxy groups -OCH3 is 1. The molecule has 0 N–H and O–H groups in total. The first kappa shape index (κ1) is 15.6. The molecule has 1 heterocycles. The molecule has 4 nitrogen and oxygen atoms in total. The summed E-state index contributed by atoms with van der Waals surface area (Å²) in [5.74, 6) is 0.370. The topological polar surface area (TPSA) is 46.6 Å².